The number of nitrogens with one attached hydrogen (secondary N) is 1. The third-order valence-electron chi connectivity index (χ3n) is 2.90. The van der Waals surface area contributed by atoms with E-state index in [1.165, 1.54) is 5.56 Å². The Morgan fingerprint density at radius 2 is 2.12 bits per heavy atom. The number of aryl methyl sites for hydroxylation is 1. The van der Waals surface area contributed by atoms with Crippen LogP contribution in [0.5, 0.6) is 0 Å². The van der Waals surface area contributed by atoms with Crippen molar-refractivity contribution in [2.45, 2.75) is 20.3 Å². The average molecular weight is 235 g/mol. The molecular weight excluding hydrogens is 220 g/mol. The fraction of sp³-hybridized carbons (Fsp3) is 0.308. The fourth-order valence-electron chi connectivity index (χ4n) is 2.06. The van der Waals surface area contributed by atoms with Crippen LogP contribution in [0.1, 0.15) is 18.2 Å². The van der Waals surface area contributed by atoms with Crippen molar-refractivity contribution in [3.05, 3.63) is 34.5 Å². The van der Waals surface area contributed by atoms with E-state index in [0.29, 0.717) is 5.02 Å². The van der Waals surface area contributed by atoms with Crippen molar-refractivity contribution in [3.8, 4) is 0 Å². The SMILES string of the molecule is CCc1nc2c(Cl)cccc2c(NC)c1C. The summed E-state index contributed by atoms with van der Waals surface area (Å²) in [6.45, 7) is 4.20. The van der Waals surface area contributed by atoms with Gasteiger partial charge >= 0.3 is 0 Å². The molecule has 0 aliphatic carbocycles. The standard InChI is InChI=1S/C13H15ClN2/c1-4-11-8(2)12(15-3)9-6-5-7-10(14)13(9)16-11/h5-7H,4H2,1-3H3,(H,15,16). The Kier molecular flexibility index (Phi) is 3.01. The van der Waals surface area contributed by atoms with Crippen molar-refractivity contribution in [1.82, 2.24) is 4.98 Å². The maximum atomic E-state index is 6.18. The Balaban J connectivity index is 2.89. The quantitative estimate of drug-likeness (QED) is 0.855. The second-order valence-electron chi connectivity index (χ2n) is 3.80. The number of rotatable bonds is 2. The zero-order chi connectivity index (χ0) is 11.7. The average Bonchev–Trinajstić information content (AvgIpc) is 2.29. The third kappa shape index (κ3) is 1.63. The molecule has 0 saturated carbocycles. The fourth-order valence-corrected chi connectivity index (χ4v) is 2.28. The van der Waals surface area contributed by atoms with E-state index in [9.17, 15) is 0 Å². The van der Waals surface area contributed by atoms with E-state index in [4.69, 9.17) is 11.6 Å². The molecule has 1 heterocycles. The van der Waals surface area contributed by atoms with Gasteiger partial charge in [-0.3, -0.25) is 4.98 Å². The highest BCUT2D eigenvalue weighted by Crippen LogP contribution is 2.31. The summed E-state index contributed by atoms with van der Waals surface area (Å²) in [4.78, 5) is 4.63. The summed E-state index contributed by atoms with van der Waals surface area (Å²) in [5.74, 6) is 0. The van der Waals surface area contributed by atoms with Gasteiger partial charge in [0.1, 0.15) is 0 Å². The minimum atomic E-state index is 0.712. The largest absolute Gasteiger partial charge is 0.387 e. The lowest BCUT2D eigenvalue weighted by molar-refractivity contribution is 1.03. The lowest BCUT2D eigenvalue weighted by atomic mass is 10.1. The van der Waals surface area contributed by atoms with Crippen LogP contribution in [0, 0.1) is 6.92 Å². The molecule has 3 heteroatoms. The summed E-state index contributed by atoms with van der Waals surface area (Å²) in [6.07, 6.45) is 0.918. The summed E-state index contributed by atoms with van der Waals surface area (Å²) in [7, 11) is 1.93. The summed E-state index contributed by atoms with van der Waals surface area (Å²) in [5, 5.41) is 5.04. The van der Waals surface area contributed by atoms with Crippen LogP contribution in [0.4, 0.5) is 5.69 Å². The maximum absolute atomic E-state index is 6.18. The Morgan fingerprint density at radius 1 is 1.38 bits per heavy atom. The molecule has 0 fully saturated rings. The first-order valence-corrected chi connectivity index (χ1v) is 5.82. The van der Waals surface area contributed by atoms with Crippen LogP contribution in [-0.2, 0) is 6.42 Å². The first-order chi connectivity index (χ1) is 7.69. The number of nitrogens with zero attached hydrogens (tertiary/aromatic N) is 1. The summed E-state index contributed by atoms with van der Waals surface area (Å²) in [6, 6.07) is 5.88. The van der Waals surface area contributed by atoms with Gasteiger partial charge in [-0.05, 0) is 25.0 Å². The molecule has 0 radical (unpaired) electrons. The molecule has 0 aliphatic heterocycles. The number of halogens is 1. The van der Waals surface area contributed by atoms with Crippen molar-refractivity contribution in [1.29, 1.82) is 0 Å². The molecule has 1 aromatic carbocycles. The Labute approximate surface area is 101 Å². The molecule has 0 spiro atoms. The van der Waals surface area contributed by atoms with Gasteiger partial charge in [0.2, 0.25) is 0 Å². The predicted molar refractivity (Wildman–Crippen MR) is 70.4 cm³/mol. The molecule has 0 atom stereocenters. The first-order valence-electron chi connectivity index (χ1n) is 5.44. The Morgan fingerprint density at radius 3 is 2.75 bits per heavy atom. The molecule has 84 valence electrons. The number of aromatic nitrogens is 1. The number of anilines is 1. The Hall–Kier alpha value is -1.28. The molecular formula is C13H15ClN2. The minimum Gasteiger partial charge on any atom is -0.387 e. The lowest BCUT2D eigenvalue weighted by Gasteiger charge is -2.13. The van der Waals surface area contributed by atoms with E-state index < -0.39 is 0 Å². The highest BCUT2D eigenvalue weighted by Gasteiger charge is 2.11. The van der Waals surface area contributed by atoms with E-state index in [0.717, 1.165) is 28.7 Å². The monoisotopic (exact) mass is 234 g/mol. The van der Waals surface area contributed by atoms with Crippen LogP contribution in [-0.4, -0.2) is 12.0 Å². The lowest BCUT2D eigenvalue weighted by Crippen LogP contribution is -2.01. The van der Waals surface area contributed by atoms with Crippen LogP contribution in [0.3, 0.4) is 0 Å². The van der Waals surface area contributed by atoms with Gasteiger partial charge in [0.15, 0.2) is 0 Å². The second-order valence-corrected chi connectivity index (χ2v) is 4.21. The highest BCUT2D eigenvalue weighted by molar-refractivity contribution is 6.35. The Bertz CT molecular complexity index is 535. The minimum absolute atomic E-state index is 0.712. The number of hydrogen-bond donors (Lipinski definition) is 1. The van der Waals surface area contributed by atoms with Gasteiger partial charge in [-0.25, -0.2) is 0 Å². The van der Waals surface area contributed by atoms with Crippen molar-refractivity contribution >= 4 is 28.2 Å². The van der Waals surface area contributed by atoms with Gasteiger partial charge in [-0.2, -0.15) is 0 Å². The van der Waals surface area contributed by atoms with Crippen molar-refractivity contribution in [3.63, 3.8) is 0 Å². The molecule has 1 aromatic heterocycles. The van der Waals surface area contributed by atoms with Crippen molar-refractivity contribution in [2.24, 2.45) is 0 Å². The van der Waals surface area contributed by atoms with E-state index in [1.807, 2.05) is 25.2 Å². The van der Waals surface area contributed by atoms with E-state index in [1.54, 1.807) is 0 Å². The molecule has 2 nitrogen and oxygen atoms in total. The molecule has 0 bridgehead atoms. The van der Waals surface area contributed by atoms with E-state index in [2.05, 4.69) is 24.1 Å². The molecule has 1 N–H and O–H groups in total. The first kappa shape index (κ1) is 11.2. The summed E-state index contributed by atoms with van der Waals surface area (Å²) < 4.78 is 0. The van der Waals surface area contributed by atoms with Crippen molar-refractivity contribution in [2.75, 3.05) is 12.4 Å². The third-order valence-corrected chi connectivity index (χ3v) is 3.20. The zero-order valence-electron chi connectivity index (χ0n) is 9.76. The van der Waals surface area contributed by atoms with Gasteiger partial charge in [0.25, 0.3) is 0 Å². The maximum Gasteiger partial charge on any atom is 0.0912 e. The summed E-state index contributed by atoms with van der Waals surface area (Å²) in [5.41, 5.74) is 4.32. The van der Waals surface area contributed by atoms with Gasteiger partial charge in [-0.1, -0.05) is 30.7 Å². The molecule has 0 unspecified atom stereocenters. The number of benzene rings is 1. The van der Waals surface area contributed by atoms with Crippen LogP contribution in [0.2, 0.25) is 5.02 Å². The normalized spacial score (nSPS) is 10.8. The van der Waals surface area contributed by atoms with E-state index >= 15 is 0 Å². The van der Waals surface area contributed by atoms with Crippen LogP contribution < -0.4 is 5.32 Å². The highest BCUT2D eigenvalue weighted by atomic mass is 35.5. The molecule has 2 rings (SSSR count). The van der Waals surface area contributed by atoms with Gasteiger partial charge in [0.05, 0.1) is 10.5 Å². The predicted octanol–water partition coefficient (Wildman–Crippen LogP) is 3.80. The number of hydrogen-bond acceptors (Lipinski definition) is 2. The summed E-state index contributed by atoms with van der Waals surface area (Å²) >= 11 is 6.18. The van der Waals surface area contributed by atoms with Crippen LogP contribution in [0.15, 0.2) is 18.2 Å². The molecule has 0 saturated heterocycles. The van der Waals surface area contributed by atoms with Gasteiger partial charge < -0.3 is 5.32 Å². The smallest absolute Gasteiger partial charge is 0.0912 e. The second kappa shape index (κ2) is 4.30. The molecule has 2 aromatic rings. The molecule has 0 aliphatic rings. The van der Waals surface area contributed by atoms with Gasteiger partial charge in [0, 0.05) is 23.8 Å². The number of fused-ring (bicyclic) bond motifs is 1. The van der Waals surface area contributed by atoms with Crippen LogP contribution >= 0.6 is 11.6 Å². The molecule has 16 heavy (non-hydrogen) atoms. The number of pyridine rings is 1. The van der Waals surface area contributed by atoms with Gasteiger partial charge in [-0.15, -0.1) is 0 Å². The zero-order valence-corrected chi connectivity index (χ0v) is 10.5. The number of para-hydroxylation sites is 1. The molecule has 0 amide bonds. The van der Waals surface area contributed by atoms with Crippen LogP contribution in [0.25, 0.3) is 10.9 Å². The van der Waals surface area contributed by atoms with E-state index in [-0.39, 0.29) is 0 Å². The van der Waals surface area contributed by atoms with Crippen molar-refractivity contribution < 1.29 is 0 Å². The topological polar surface area (TPSA) is 24.9 Å².